The summed E-state index contributed by atoms with van der Waals surface area (Å²) in [5.74, 6) is 1.68. The molecule has 1 aromatic carbocycles. The molecule has 148 valence electrons. The van der Waals surface area contributed by atoms with Gasteiger partial charge in [0.2, 0.25) is 0 Å². The minimum atomic E-state index is -3.07. The zero-order valence-corrected chi connectivity index (χ0v) is 20.3. The summed E-state index contributed by atoms with van der Waals surface area (Å²) in [6.07, 6.45) is 0. The van der Waals surface area contributed by atoms with Crippen molar-refractivity contribution < 1.29 is 13.2 Å². The fourth-order valence-electron chi connectivity index (χ4n) is 2.72. The molecule has 26 heavy (non-hydrogen) atoms. The van der Waals surface area contributed by atoms with E-state index in [1.807, 2.05) is 30.0 Å². The molecule has 0 unspecified atom stereocenters. The highest BCUT2D eigenvalue weighted by Crippen LogP contribution is 2.26. The molecular weight excluding hydrogens is 533 g/mol. The van der Waals surface area contributed by atoms with Gasteiger partial charge in [0.1, 0.15) is 5.75 Å². The second kappa shape index (κ2) is 9.59. The van der Waals surface area contributed by atoms with Crippen LogP contribution < -0.4 is 10.1 Å². The maximum absolute atomic E-state index is 12.2. The van der Waals surface area contributed by atoms with Gasteiger partial charge in [-0.05, 0) is 54.4 Å². The van der Waals surface area contributed by atoms with Crippen LogP contribution in [0.5, 0.6) is 5.75 Å². The molecule has 9 heteroatoms. The van der Waals surface area contributed by atoms with Crippen LogP contribution in [-0.2, 0) is 16.4 Å². The molecule has 0 saturated carbocycles. The Kier molecular flexibility index (Phi) is 8.66. The molecule has 0 bridgehead atoms. The fraction of sp³-hybridized carbons (Fsp3) is 0.588. The highest BCUT2D eigenvalue weighted by Gasteiger charge is 2.40. The van der Waals surface area contributed by atoms with Gasteiger partial charge in [-0.15, -0.1) is 24.0 Å². The molecule has 1 aliphatic heterocycles. The Balaban J connectivity index is 0.00000338. The molecule has 6 nitrogen and oxygen atoms in total. The molecular formula is C17H27BrIN3O3S. The lowest BCUT2D eigenvalue weighted by atomic mass is 10.2. The summed E-state index contributed by atoms with van der Waals surface area (Å²) in [5.41, 5.74) is 1.05. The maximum atomic E-state index is 12.2. The number of benzene rings is 1. The van der Waals surface area contributed by atoms with Crippen LogP contribution in [0.1, 0.15) is 26.3 Å². The normalized spacial score (nSPS) is 18.8. The predicted molar refractivity (Wildman–Crippen MR) is 120 cm³/mol. The van der Waals surface area contributed by atoms with Gasteiger partial charge in [0.25, 0.3) is 0 Å². The summed E-state index contributed by atoms with van der Waals surface area (Å²) in [5, 5.41) is 3.27. The third-order valence-corrected chi connectivity index (χ3v) is 7.46. The first-order valence-electron chi connectivity index (χ1n) is 8.28. The monoisotopic (exact) mass is 559 g/mol. The standard InChI is InChI=1S/C17H26BrN3O3S.HI/c1-5-19-16(21-8-9-25(22,23)17(2,3)12-21)20-11-13-6-7-15(24-4)14(18)10-13;/h6-7,10H,5,8-9,11-12H2,1-4H3,(H,19,20);1H. The van der Waals surface area contributed by atoms with Gasteiger partial charge >= 0.3 is 0 Å². The van der Waals surface area contributed by atoms with Crippen LogP contribution in [0.3, 0.4) is 0 Å². The summed E-state index contributed by atoms with van der Waals surface area (Å²) in [4.78, 5) is 6.72. The van der Waals surface area contributed by atoms with Crippen molar-refractivity contribution in [2.45, 2.75) is 32.1 Å². The van der Waals surface area contributed by atoms with Gasteiger partial charge in [0.05, 0.1) is 28.6 Å². The Morgan fingerprint density at radius 1 is 1.42 bits per heavy atom. The summed E-state index contributed by atoms with van der Waals surface area (Å²) >= 11 is 3.48. The highest BCUT2D eigenvalue weighted by atomic mass is 127. The number of nitrogens with one attached hydrogen (secondary N) is 1. The van der Waals surface area contributed by atoms with Gasteiger partial charge in [-0.25, -0.2) is 13.4 Å². The molecule has 1 saturated heterocycles. The summed E-state index contributed by atoms with van der Waals surface area (Å²) < 4.78 is 29.8. The van der Waals surface area contributed by atoms with E-state index in [0.717, 1.165) is 28.3 Å². The van der Waals surface area contributed by atoms with Crippen molar-refractivity contribution in [2.24, 2.45) is 4.99 Å². The van der Waals surface area contributed by atoms with Crippen LogP contribution in [0.25, 0.3) is 0 Å². The number of aliphatic imine (C=N–C) groups is 1. The molecule has 2 rings (SSSR count). The molecule has 1 aromatic rings. The van der Waals surface area contributed by atoms with Gasteiger partial charge in [-0.2, -0.15) is 0 Å². The van der Waals surface area contributed by atoms with Crippen LogP contribution in [0.4, 0.5) is 0 Å². The smallest absolute Gasteiger partial charge is 0.194 e. The molecule has 1 N–H and O–H groups in total. The van der Waals surface area contributed by atoms with Crippen molar-refractivity contribution in [3.05, 3.63) is 28.2 Å². The molecule has 0 aromatic heterocycles. The van der Waals surface area contributed by atoms with Crippen molar-refractivity contribution in [1.29, 1.82) is 0 Å². The van der Waals surface area contributed by atoms with Crippen LogP contribution in [0.15, 0.2) is 27.7 Å². The number of methoxy groups -OCH3 is 1. The summed E-state index contributed by atoms with van der Waals surface area (Å²) in [6.45, 7) is 7.70. The molecule has 1 aliphatic rings. The van der Waals surface area contributed by atoms with E-state index in [9.17, 15) is 8.42 Å². The number of nitrogens with zero attached hydrogens (tertiary/aromatic N) is 2. The first-order chi connectivity index (χ1) is 11.7. The Morgan fingerprint density at radius 2 is 2.12 bits per heavy atom. The van der Waals surface area contributed by atoms with E-state index >= 15 is 0 Å². The Hall–Kier alpha value is -0.550. The van der Waals surface area contributed by atoms with Gasteiger partial charge < -0.3 is 15.0 Å². The van der Waals surface area contributed by atoms with Crippen molar-refractivity contribution in [1.82, 2.24) is 10.2 Å². The largest absolute Gasteiger partial charge is 0.496 e. The number of hydrogen-bond donors (Lipinski definition) is 1. The number of sulfone groups is 1. The lowest BCUT2D eigenvalue weighted by Crippen LogP contribution is -2.57. The molecule has 0 atom stereocenters. The number of rotatable bonds is 4. The maximum Gasteiger partial charge on any atom is 0.194 e. The first kappa shape index (κ1) is 23.5. The number of hydrogen-bond acceptors (Lipinski definition) is 4. The average Bonchev–Trinajstić information content (AvgIpc) is 2.54. The second-order valence-electron chi connectivity index (χ2n) is 6.64. The molecule has 1 heterocycles. The van der Waals surface area contributed by atoms with Gasteiger partial charge in [0.15, 0.2) is 15.8 Å². The van der Waals surface area contributed by atoms with Gasteiger partial charge in [0, 0.05) is 19.6 Å². The van der Waals surface area contributed by atoms with Crippen LogP contribution in [0.2, 0.25) is 0 Å². The third kappa shape index (κ3) is 5.48. The number of ether oxygens (including phenoxy) is 1. The summed E-state index contributed by atoms with van der Waals surface area (Å²) in [7, 11) is -1.44. The van der Waals surface area contributed by atoms with E-state index in [4.69, 9.17) is 9.73 Å². The van der Waals surface area contributed by atoms with Crippen molar-refractivity contribution >= 4 is 55.7 Å². The Bertz CT molecular complexity index is 754. The molecule has 0 radical (unpaired) electrons. The van der Waals surface area contributed by atoms with Gasteiger partial charge in [-0.1, -0.05) is 6.07 Å². The zero-order chi connectivity index (χ0) is 18.7. The minimum absolute atomic E-state index is 0. The lowest BCUT2D eigenvalue weighted by Gasteiger charge is -2.39. The molecule has 1 fully saturated rings. The van der Waals surface area contributed by atoms with Gasteiger partial charge in [-0.3, -0.25) is 0 Å². The fourth-order valence-corrected chi connectivity index (χ4v) is 4.68. The average molecular weight is 560 g/mol. The quantitative estimate of drug-likeness (QED) is 0.349. The van der Waals surface area contributed by atoms with Crippen LogP contribution >= 0.6 is 39.9 Å². The van der Waals surface area contributed by atoms with E-state index in [-0.39, 0.29) is 29.7 Å². The van der Waals surface area contributed by atoms with Crippen molar-refractivity contribution in [2.75, 3.05) is 32.5 Å². The van der Waals surface area contributed by atoms with E-state index < -0.39 is 14.6 Å². The number of guanidine groups is 1. The lowest BCUT2D eigenvalue weighted by molar-refractivity contribution is 0.353. The van der Waals surface area contributed by atoms with Crippen molar-refractivity contribution in [3.8, 4) is 5.75 Å². The minimum Gasteiger partial charge on any atom is -0.496 e. The number of halogens is 2. The van der Waals surface area contributed by atoms with E-state index in [2.05, 4.69) is 21.2 Å². The molecule has 0 amide bonds. The third-order valence-electron chi connectivity index (χ3n) is 4.31. The van der Waals surface area contributed by atoms with E-state index in [0.29, 0.717) is 19.6 Å². The van der Waals surface area contributed by atoms with Crippen molar-refractivity contribution in [3.63, 3.8) is 0 Å². The topological polar surface area (TPSA) is 71.0 Å². The Labute approximate surface area is 181 Å². The predicted octanol–water partition coefficient (Wildman–Crippen LogP) is 3.05. The first-order valence-corrected chi connectivity index (χ1v) is 10.7. The van der Waals surface area contributed by atoms with Crippen LogP contribution in [-0.4, -0.2) is 56.5 Å². The van der Waals surface area contributed by atoms with Crippen LogP contribution in [0, 0.1) is 0 Å². The Morgan fingerprint density at radius 3 is 2.65 bits per heavy atom. The van der Waals surface area contributed by atoms with E-state index in [1.54, 1.807) is 21.0 Å². The zero-order valence-electron chi connectivity index (χ0n) is 15.6. The SMILES string of the molecule is CCNC(=NCc1ccc(OC)c(Br)c1)N1CCS(=O)(=O)C(C)(C)C1.I. The summed E-state index contributed by atoms with van der Waals surface area (Å²) in [6, 6.07) is 5.86. The second-order valence-corrected chi connectivity index (χ2v) is 10.2. The molecule has 0 aliphatic carbocycles. The highest BCUT2D eigenvalue weighted by molar-refractivity contribution is 14.0. The van der Waals surface area contributed by atoms with E-state index in [1.165, 1.54) is 0 Å². The molecule has 0 spiro atoms.